The van der Waals surface area contributed by atoms with Crippen LogP contribution in [-0.2, 0) is 9.47 Å². The Morgan fingerprint density at radius 2 is 1.10 bits per heavy atom. The molecule has 31 heavy (non-hydrogen) atoms. The number of ether oxygens (including phenoxy) is 2. The van der Waals surface area contributed by atoms with Crippen LogP contribution in [0.3, 0.4) is 0 Å². The molecule has 0 N–H and O–H groups in total. The number of hydrogen-bond acceptors (Lipinski definition) is 8. The van der Waals surface area contributed by atoms with Crippen molar-refractivity contribution in [1.82, 2.24) is 0 Å². The molecule has 2 saturated carbocycles. The third-order valence-electron chi connectivity index (χ3n) is 6.35. The second kappa shape index (κ2) is 7.46. The van der Waals surface area contributed by atoms with E-state index < -0.39 is 21.8 Å². The summed E-state index contributed by atoms with van der Waals surface area (Å²) in [6.45, 7) is 0.385. The normalized spacial score (nSPS) is 23.1. The van der Waals surface area contributed by atoms with Crippen LogP contribution >= 0.6 is 0 Å². The van der Waals surface area contributed by atoms with Crippen molar-refractivity contribution in [2.75, 3.05) is 13.2 Å². The molecule has 0 bridgehead atoms. The molecule has 0 amide bonds. The molecule has 0 unspecified atom stereocenters. The van der Waals surface area contributed by atoms with Crippen molar-refractivity contribution in [2.45, 2.75) is 19.3 Å². The van der Waals surface area contributed by atoms with Crippen LogP contribution in [0.25, 0.3) is 0 Å². The molecule has 0 radical (unpaired) electrons. The summed E-state index contributed by atoms with van der Waals surface area (Å²) >= 11 is 0. The van der Waals surface area contributed by atoms with E-state index in [1.807, 2.05) is 0 Å². The molecule has 10 nitrogen and oxygen atoms in total. The van der Waals surface area contributed by atoms with E-state index in [1.165, 1.54) is 48.5 Å². The predicted octanol–water partition coefficient (Wildman–Crippen LogP) is 3.69. The average molecular weight is 426 g/mol. The van der Waals surface area contributed by atoms with Gasteiger partial charge in [-0.05, 0) is 43.5 Å². The van der Waals surface area contributed by atoms with Gasteiger partial charge in [-0.3, -0.25) is 20.2 Å². The van der Waals surface area contributed by atoms with Crippen LogP contribution in [0.5, 0.6) is 0 Å². The molecule has 0 aromatic heterocycles. The minimum absolute atomic E-state index is 0.106. The molecule has 2 fully saturated rings. The number of benzene rings is 2. The van der Waals surface area contributed by atoms with Gasteiger partial charge in [0.2, 0.25) is 0 Å². The van der Waals surface area contributed by atoms with Gasteiger partial charge in [0, 0.05) is 35.1 Å². The van der Waals surface area contributed by atoms with E-state index in [2.05, 4.69) is 0 Å². The van der Waals surface area contributed by atoms with Gasteiger partial charge in [-0.1, -0.05) is 0 Å². The summed E-state index contributed by atoms with van der Waals surface area (Å²) in [6.07, 6.45) is 2.49. The third kappa shape index (κ3) is 3.72. The monoisotopic (exact) mass is 426 g/mol. The number of nitrogens with zero attached hydrogens (tertiary/aromatic N) is 2. The Kier molecular flexibility index (Phi) is 4.92. The maximum absolute atomic E-state index is 12.2. The first-order valence-electron chi connectivity index (χ1n) is 9.59. The number of esters is 2. The van der Waals surface area contributed by atoms with Crippen molar-refractivity contribution in [3.8, 4) is 0 Å². The first-order chi connectivity index (χ1) is 14.8. The largest absolute Gasteiger partial charge is 0.461 e. The van der Waals surface area contributed by atoms with Gasteiger partial charge in [-0.25, -0.2) is 9.59 Å². The molecule has 2 aromatic carbocycles. The lowest BCUT2D eigenvalue weighted by Gasteiger charge is -2.34. The maximum atomic E-state index is 12.2. The Morgan fingerprint density at radius 3 is 1.39 bits per heavy atom. The Morgan fingerprint density at radius 1 is 0.742 bits per heavy atom. The molecule has 2 aromatic rings. The van der Waals surface area contributed by atoms with Gasteiger partial charge in [-0.15, -0.1) is 0 Å². The molecular formula is C21H18N2O8. The van der Waals surface area contributed by atoms with Crippen LogP contribution in [0.15, 0.2) is 48.5 Å². The number of nitro benzene ring substituents is 2. The average Bonchev–Trinajstić information content (AvgIpc) is 3.23. The van der Waals surface area contributed by atoms with Crippen LogP contribution < -0.4 is 0 Å². The summed E-state index contributed by atoms with van der Waals surface area (Å²) in [6, 6.07) is 10.4. The number of nitro groups is 2. The van der Waals surface area contributed by atoms with Crippen molar-refractivity contribution >= 4 is 23.3 Å². The summed E-state index contributed by atoms with van der Waals surface area (Å²) in [7, 11) is 0. The quantitative estimate of drug-likeness (QED) is 0.354. The highest BCUT2D eigenvalue weighted by Gasteiger charge is 2.74. The summed E-state index contributed by atoms with van der Waals surface area (Å²) in [5.41, 5.74) is -0.164. The predicted molar refractivity (Wildman–Crippen MR) is 105 cm³/mol. The molecule has 10 heteroatoms. The van der Waals surface area contributed by atoms with Gasteiger partial charge in [0.15, 0.2) is 0 Å². The Balaban J connectivity index is 1.29. The highest BCUT2D eigenvalue weighted by Crippen LogP contribution is 2.77. The van der Waals surface area contributed by atoms with Gasteiger partial charge in [-0.2, -0.15) is 0 Å². The molecular weight excluding hydrogens is 408 g/mol. The van der Waals surface area contributed by atoms with Crippen molar-refractivity contribution < 1.29 is 28.9 Å². The Hall–Kier alpha value is -3.82. The number of non-ortho nitro benzene ring substituents is 2. The van der Waals surface area contributed by atoms with Gasteiger partial charge < -0.3 is 9.47 Å². The summed E-state index contributed by atoms with van der Waals surface area (Å²) < 4.78 is 10.8. The Labute approximate surface area is 176 Å². The van der Waals surface area contributed by atoms with E-state index in [1.54, 1.807) is 0 Å². The number of rotatable bonds is 8. The van der Waals surface area contributed by atoms with Gasteiger partial charge >= 0.3 is 11.9 Å². The molecule has 4 rings (SSSR count). The fraction of sp³-hybridized carbons (Fsp3) is 0.333. The fourth-order valence-electron chi connectivity index (χ4n) is 4.18. The lowest BCUT2D eigenvalue weighted by Crippen LogP contribution is -2.34. The summed E-state index contributed by atoms with van der Waals surface area (Å²) in [5.74, 6) is -1.11. The van der Waals surface area contributed by atoms with E-state index in [9.17, 15) is 29.8 Å². The minimum atomic E-state index is -0.556. The van der Waals surface area contributed by atoms with E-state index in [-0.39, 0.29) is 46.5 Å². The molecule has 2 aliphatic rings. The van der Waals surface area contributed by atoms with E-state index in [0.29, 0.717) is 0 Å². The molecule has 2 atom stereocenters. The number of carbonyl (C=O) groups excluding carboxylic acids is 2. The number of carbonyl (C=O) groups is 2. The van der Waals surface area contributed by atoms with Crippen molar-refractivity contribution in [1.29, 1.82) is 0 Å². The van der Waals surface area contributed by atoms with Crippen LogP contribution in [-0.4, -0.2) is 35.0 Å². The molecule has 2 aliphatic carbocycles. The second-order valence-corrected chi connectivity index (χ2v) is 8.00. The smallest absolute Gasteiger partial charge is 0.338 e. The lowest BCUT2D eigenvalue weighted by atomic mass is 9.74. The van der Waals surface area contributed by atoms with Crippen LogP contribution in [0.4, 0.5) is 11.4 Å². The van der Waals surface area contributed by atoms with E-state index in [4.69, 9.17) is 9.47 Å². The van der Waals surface area contributed by atoms with Gasteiger partial charge in [0.05, 0.1) is 34.2 Å². The zero-order valence-corrected chi connectivity index (χ0v) is 16.3. The highest BCUT2D eigenvalue weighted by atomic mass is 16.6. The van der Waals surface area contributed by atoms with E-state index >= 15 is 0 Å². The van der Waals surface area contributed by atoms with Crippen LogP contribution in [0, 0.1) is 31.1 Å². The van der Waals surface area contributed by atoms with Gasteiger partial charge in [0.25, 0.3) is 11.4 Å². The molecule has 0 spiro atoms. The van der Waals surface area contributed by atoms with Gasteiger partial charge in [0.1, 0.15) is 0 Å². The number of hydrogen-bond donors (Lipinski definition) is 0. The summed E-state index contributed by atoms with van der Waals surface area (Å²) in [4.78, 5) is 44.8. The fourth-order valence-corrected chi connectivity index (χ4v) is 4.18. The zero-order chi connectivity index (χ0) is 22.2. The standard InChI is InChI=1S/C21H18N2O8/c24-18(14-1-5-16(6-2-14)22(26)27)30-12-20-9-10-21(20,11-20)13-31-19(25)15-3-7-17(8-4-15)23(28)29/h1-8H,9-13H2/t20-,21+. The molecule has 0 heterocycles. The minimum Gasteiger partial charge on any atom is -0.461 e. The van der Waals surface area contributed by atoms with Crippen molar-refractivity contribution in [2.24, 2.45) is 10.8 Å². The van der Waals surface area contributed by atoms with Crippen LogP contribution in [0.2, 0.25) is 0 Å². The molecule has 0 aliphatic heterocycles. The van der Waals surface area contributed by atoms with Crippen LogP contribution in [0.1, 0.15) is 40.0 Å². The van der Waals surface area contributed by atoms with Crippen molar-refractivity contribution in [3.05, 3.63) is 79.9 Å². The number of fused-ring (bicyclic) bond motifs is 1. The second-order valence-electron chi connectivity index (χ2n) is 8.00. The molecule has 0 saturated heterocycles. The first kappa shape index (κ1) is 20.5. The highest BCUT2D eigenvalue weighted by molar-refractivity contribution is 5.90. The first-order valence-corrected chi connectivity index (χ1v) is 9.59. The SMILES string of the molecule is O=C(OC[C@]12CC[C@@]1(COC(=O)c1ccc([N+](=O)[O-])cc1)C2)c1ccc([N+](=O)[O-])cc1. The van der Waals surface area contributed by atoms with Crippen molar-refractivity contribution in [3.63, 3.8) is 0 Å². The molecule has 160 valence electrons. The van der Waals surface area contributed by atoms with E-state index in [0.717, 1.165) is 19.3 Å². The topological polar surface area (TPSA) is 139 Å². The Bertz CT molecular complexity index is 980. The maximum Gasteiger partial charge on any atom is 0.338 e. The zero-order valence-electron chi connectivity index (χ0n) is 16.3. The lowest BCUT2D eigenvalue weighted by molar-refractivity contribution is -0.385. The third-order valence-corrected chi connectivity index (χ3v) is 6.35. The summed E-state index contributed by atoms with van der Waals surface area (Å²) in [5, 5.41) is 21.4.